The van der Waals surface area contributed by atoms with E-state index in [1.54, 1.807) is 0 Å². The van der Waals surface area contributed by atoms with Crippen molar-refractivity contribution in [1.29, 1.82) is 0 Å². The molecule has 4 nitrogen and oxygen atoms in total. The van der Waals surface area contributed by atoms with Gasteiger partial charge >= 0.3 is 0 Å². The Morgan fingerprint density at radius 3 is 2.30 bits per heavy atom. The number of aryl methyl sites for hydroxylation is 2. The molecule has 0 aliphatic rings. The van der Waals surface area contributed by atoms with E-state index in [1.807, 2.05) is 46.8 Å². The second-order valence-electron chi connectivity index (χ2n) is 5.79. The van der Waals surface area contributed by atoms with Crippen molar-refractivity contribution in [2.75, 3.05) is 6.61 Å². The van der Waals surface area contributed by atoms with Crippen LogP contribution in [0.3, 0.4) is 0 Å². The van der Waals surface area contributed by atoms with Gasteiger partial charge in [0.15, 0.2) is 6.61 Å². The summed E-state index contributed by atoms with van der Waals surface area (Å²) in [6.07, 6.45) is 0.863. The highest BCUT2D eigenvalue weighted by molar-refractivity contribution is 5.78. The molecule has 0 bridgehead atoms. The average Bonchev–Trinajstić information content (AvgIpc) is 2.36. The van der Waals surface area contributed by atoms with Crippen molar-refractivity contribution in [1.82, 2.24) is 5.32 Å². The van der Waals surface area contributed by atoms with Gasteiger partial charge in [-0.3, -0.25) is 4.79 Å². The van der Waals surface area contributed by atoms with Crippen LogP contribution in [0.5, 0.6) is 5.75 Å². The molecule has 0 aromatic heterocycles. The van der Waals surface area contributed by atoms with Crippen molar-refractivity contribution in [2.45, 2.75) is 53.2 Å². The molecular weight excluding hydrogens is 254 g/mol. The lowest BCUT2D eigenvalue weighted by Crippen LogP contribution is -2.44. The normalized spacial score (nSPS) is 11.3. The van der Waals surface area contributed by atoms with E-state index in [4.69, 9.17) is 9.84 Å². The van der Waals surface area contributed by atoms with Crippen molar-refractivity contribution < 1.29 is 14.6 Å². The number of ether oxygens (including phenoxy) is 1. The minimum Gasteiger partial charge on any atom is -0.483 e. The summed E-state index contributed by atoms with van der Waals surface area (Å²) in [6, 6.07) is 3.74. The molecule has 4 heteroatoms. The van der Waals surface area contributed by atoms with Gasteiger partial charge in [-0.25, -0.2) is 0 Å². The number of nitrogens with one attached hydrogen (secondary N) is 1. The van der Waals surface area contributed by atoms with Crippen molar-refractivity contribution >= 4 is 5.91 Å². The van der Waals surface area contributed by atoms with Gasteiger partial charge in [-0.05, 0) is 50.8 Å². The number of benzene rings is 1. The van der Waals surface area contributed by atoms with E-state index >= 15 is 0 Å². The van der Waals surface area contributed by atoms with E-state index in [2.05, 4.69) is 5.32 Å². The first-order chi connectivity index (χ1) is 9.29. The smallest absolute Gasteiger partial charge is 0.258 e. The summed E-state index contributed by atoms with van der Waals surface area (Å²) in [7, 11) is 0. The highest BCUT2D eigenvalue weighted by Crippen LogP contribution is 2.24. The molecule has 0 spiro atoms. The molecule has 0 unspecified atom stereocenters. The zero-order valence-corrected chi connectivity index (χ0v) is 13.0. The summed E-state index contributed by atoms with van der Waals surface area (Å²) in [6.45, 7) is 9.83. The van der Waals surface area contributed by atoms with Crippen LogP contribution in [0, 0.1) is 13.8 Å². The van der Waals surface area contributed by atoms with E-state index in [9.17, 15) is 4.79 Å². The summed E-state index contributed by atoms with van der Waals surface area (Å²) in [5, 5.41) is 12.1. The molecule has 1 aromatic carbocycles. The molecule has 1 rings (SSSR count). The van der Waals surface area contributed by atoms with Crippen molar-refractivity contribution in [2.24, 2.45) is 0 Å². The zero-order valence-electron chi connectivity index (χ0n) is 13.0. The maximum Gasteiger partial charge on any atom is 0.258 e. The van der Waals surface area contributed by atoms with Crippen molar-refractivity contribution in [3.63, 3.8) is 0 Å². The topological polar surface area (TPSA) is 58.6 Å². The second-order valence-corrected chi connectivity index (χ2v) is 5.79. The molecule has 1 amide bonds. The molecule has 0 atom stereocenters. The molecule has 0 saturated heterocycles. The number of carbonyl (C=O) groups is 1. The fraction of sp³-hybridized carbons (Fsp3) is 0.562. The van der Waals surface area contributed by atoms with Gasteiger partial charge in [-0.1, -0.05) is 19.1 Å². The van der Waals surface area contributed by atoms with Gasteiger partial charge in [0.1, 0.15) is 5.75 Å². The summed E-state index contributed by atoms with van der Waals surface area (Å²) in [4.78, 5) is 11.9. The lowest BCUT2D eigenvalue weighted by Gasteiger charge is -2.24. The fourth-order valence-electron chi connectivity index (χ4n) is 2.00. The number of hydrogen-bond acceptors (Lipinski definition) is 3. The second kappa shape index (κ2) is 6.75. The molecular formula is C16H25NO3. The predicted molar refractivity (Wildman–Crippen MR) is 79.8 cm³/mol. The third-order valence-electron chi connectivity index (χ3n) is 3.41. The third-order valence-corrected chi connectivity index (χ3v) is 3.41. The molecule has 1 aromatic rings. The van der Waals surface area contributed by atoms with E-state index in [-0.39, 0.29) is 24.7 Å². The Morgan fingerprint density at radius 1 is 1.30 bits per heavy atom. The molecule has 0 aliphatic carbocycles. The first-order valence-corrected chi connectivity index (χ1v) is 6.94. The number of hydrogen-bond donors (Lipinski definition) is 2. The van der Waals surface area contributed by atoms with Crippen LogP contribution in [0.1, 0.15) is 43.9 Å². The standard InChI is InChI=1S/C16H25NO3/c1-6-16(4,5)17-14(19)10-20-15-11(2)7-13(9-18)8-12(15)3/h7-8,18H,6,9-10H2,1-5H3,(H,17,19). The molecule has 2 N–H and O–H groups in total. The number of amides is 1. The molecule has 0 aliphatic heterocycles. The van der Waals surface area contributed by atoms with Crippen LogP contribution in [0.4, 0.5) is 0 Å². The van der Waals surface area contributed by atoms with Gasteiger partial charge in [0, 0.05) is 5.54 Å². The molecule has 0 radical (unpaired) electrons. The van der Waals surface area contributed by atoms with Gasteiger partial charge in [0.25, 0.3) is 5.91 Å². The molecule has 0 fully saturated rings. The maximum atomic E-state index is 11.9. The van der Waals surface area contributed by atoms with Crippen molar-refractivity contribution in [3.8, 4) is 5.75 Å². The van der Waals surface area contributed by atoms with Gasteiger partial charge in [0.2, 0.25) is 0 Å². The molecule has 20 heavy (non-hydrogen) atoms. The van der Waals surface area contributed by atoms with E-state index in [0.717, 1.165) is 23.1 Å². The fourth-order valence-corrected chi connectivity index (χ4v) is 2.00. The van der Waals surface area contributed by atoms with Gasteiger partial charge in [-0.2, -0.15) is 0 Å². The monoisotopic (exact) mass is 279 g/mol. The lowest BCUT2D eigenvalue weighted by atomic mass is 10.0. The Balaban J connectivity index is 2.69. The largest absolute Gasteiger partial charge is 0.483 e. The first-order valence-electron chi connectivity index (χ1n) is 6.94. The Morgan fingerprint density at radius 2 is 1.85 bits per heavy atom. The Hall–Kier alpha value is -1.55. The highest BCUT2D eigenvalue weighted by Gasteiger charge is 2.18. The van der Waals surface area contributed by atoms with Crippen LogP contribution in [0.15, 0.2) is 12.1 Å². The molecule has 112 valence electrons. The number of carbonyl (C=O) groups excluding carboxylic acids is 1. The minimum absolute atomic E-state index is 0.00355. The number of aliphatic hydroxyl groups is 1. The van der Waals surface area contributed by atoms with E-state index in [1.165, 1.54) is 0 Å². The SMILES string of the molecule is CCC(C)(C)NC(=O)COc1c(C)cc(CO)cc1C. The first kappa shape index (κ1) is 16.5. The Labute approximate surface area is 121 Å². The molecule has 0 saturated carbocycles. The maximum absolute atomic E-state index is 11.9. The average molecular weight is 279 g/mol. The van der Waals surface area contributed by atoms with E-state index < -0.39 is 0 Å². The van der Waals surface area contributed by atoms with Crippen LogP contribution in [-0.2, 0) is 11.4 Å². The molecule has 0 heterocycles. The van der Waals surface area contributed by atoms with Crippen LogP contribution in [-0.4, -0.2) is 23.2 Å². The van der Waals surface area contributed by atoms with Crippen LogP contribution < -0.4 is 10.1 Å². The highest BCUT2D eigenvalue weighted by atomic mass is 16.5. The third kappa shape index (κ3) is 4.53. The number of rotatable bonds is 6. The van der Waals surface area contributed by atoms with Crippen molar-refractivity contribution in [3.05, 3.63) is 28.8 Å². The lowest BCUT2D eigenvalue weighted by molar-refractivity contribution is -0.124. The quantitative estimate of drug-likeness (QED) is 0.841. The van der Waals surface area contributed by atoms with E-state index in [0.29, 0.717) is 5.75 Å². The van der Waals surface area contributed by atoms with Gasteiger partial charge in [-0.15, -0.1) is 0 Å². The van der Waals surface area contributed by atoms with Crippen LogP contribution in [0.25, 0.3) is 0 Å². The summed E-state index contributed by atoms with van der Waals surface area (Å²) in [5.41, 5.74) is 2.49. The van der Waals surface area contributed by atoms with Crippen LogP contribution >= 0.6 is 0 Å². The van der Waals surface area contributed by atoms with Gasteiger partial charge in [0.05, 0.1) is 6.61 Å². The summed E-state index contributed by atoms with van der Waals surface area (Å²) < 4.78 is 5.63. The zero-order chi connectivity index (χ0) is 15.3. The Bertz CT molecular complexity index is 458. The predicted octanol–water partition coefficient (Wildman–Crippen LogP) is 2.48. The van der Waals surface area contributed by atoms with Crippen LogP contribution in [0.2, 0.25) is 0 Å². The number of aliphatic hydroxyl groups excluding tert-OH is 1. The van der Waals surface area contributed by atoms with Gasteiger partial charge < -0.3 is 15.2 Å². The minimum atomic E-state index is -0.217. The summed E-state index contributed by atoms with van der Waals surface area (Å²) in [5.74, 6) is 0.591. The summed E-state index contributed by atoms with van der Waals surface area (Å²) >= 11 is 0. The Kier molecular flexibility index (Phi) is 5.57.